The molecule has 7 heteroatoms. The molecule has 0 aliphatic heterocycles. The van der Waals surface area contributed by atoms with Gasteiger partial charge in [-0.05, 0) is 12.8 Å². The van der Waals surface area contributed by atoms with Crippen molar-refractivity contribution < 1.29 is 9.26 Å². The second kappa shape index (κ2) is 6.21. The van der Waals surface area contributed by atoms with Crippen LogP contribution in [0.3, 0.4) is 0 Å². The lowest BCUT2D eigenvalue weighted by Gasteiger charge is -2.27. The van der Waals surface area contributed by atoms with Gasteiger partial charge in [0.05, 0.1) is 0 Å². The Morgan fingerprint density at radius 2 is 2.05 bits per heavy atom. The topological polar surface area (TPSA) is 87.1 Å². The van der Waals surface area contributed by atoms with Crippen molar-refractivity contribution in [2.24, 2.45) is 5.73 Å². The summed E-state index contributed by atoms with van der Waals surface area (Å²) in [6.45, 7) is 0.424. The normalized spacial score (nSPS) is 18.6. The molecule has 0 spiro atoms. The lowest BCUT2D eigenvalue weighted by atomic mass is 9.93. The third-order valence-corrected chi connectivity index (χ3v) is 4.95. The van der Waals surface area contributed by atoms with Crippen molar-refractivity contribution in [2.75, 3.05) is 7.11 Å². The first kappa shape index (κ1) is 14.6. The highest BCUT2D eigenvalue weighted by Crippen LogP contribution is 2.38. The van der Waals surface area contributed by atoms with E-state index in [-0.39, 0.29) is 0 Å². The highest BCUT2D eigenvalue weighted by atomic mass is 32.1. The molecule has 21 heavy (non-hydrogen) atoms. The summed E-state index contributed by atoms with van der Waals surface area (Å²) in [4.78, 5) is 8.92. The lowest BCUT2D eigenvalue weighted by Crippen LogP contribution is -2.29. The summed E-state index contributed by atoms with van der Waals surface area (Å²) in [6.07, 6.45) is 6.61. The maximum Gasteiger partial charge on any atom is 0.277 e. The highest BCUT2D eigenvalue weighted by molar-refractivity contribution is 7.09. The van der Waals surface area contributed by atoms with Crippen molar-refractivity contribution in [3.05, 3.63) is 16.2 Å². The first-order valence-electron chi connectivity index (χ1n) is 7.31. The minimum absolute atomic E-state index is 0.412. The Morgan fingerprint density at radius 3 is 2.67 bits per heavy atom. The molecule has 1 aliphatic rings. The van der Waals surface area contributed by atoms with Gasteiger partial charge in [0, 0.05) is 19.0 Å². The fraction of sp³-hybridized carbons (Fsp3) is 0.643. The van der Waals surface area contributed by atoms with Crippen LogP contribution in [-0.2, 0) is 16.9 Å². The second-order valence-corrected chi connectivity index (χ2v) is 6.31. The standard InChI is InChI=1S/C14H20N4O2S/c1-19-14(6-4-2-3-5-7-14)13-17-12(20-18-13)10-9-21-11(8-15)16-10/h9H,2-8,15H2,1H3. The summed E-state index contributed by atoms with van der Waals surface area (Å²) in [5, 5.41) is 6.91. The van der Waals surface area contributed by atoms with Crippen molar-refractivity contribution in [3.8, 4) is 11.6 Å². The van der Waals surface area contributed by atoms with Gasteiger partial charge < -0.3 is 15.0 Å². The Hall–Kier alpha value is -1.31. The van der Waals surface area contributed by atoms with Crippen molar-refractivity contribution in [2.45, 2.75) is 50.7 Å². The van der Waals surface area contributed by atoms with Crippen LogP contribution in [0.4, 0.5) is 0 Å². The molecule has 1 fully saturated rings. The fourth-order valence-corrected chi connectivity index (χ4v) is 3.48. The fourth-order valence-electron chi connectivity index (χ4n) is 2.83. The number of hydrogen-bond donors (Lipinski definition) is 1. The zero-order valence-electron chi connectivity index (χ0n) is 12.2. The molecule has 2 heterocycles. The third kappa shape index (κ3) is 2.86. The number of ether oxygens (including phenoxy) is 1. The van der Waals surface area contributed by atoms with Crippen molar-refractivity contribution >= 4 is 11.3 Å². The van der Waals surface area contributed by atoms with Crippen LogP contribution >= 0.6 is 11.3 Å². The summed E-state index contributed by atoms with van der Waals surface area (Å²) >= 11 is 1.50. The zero-order chi connectivity index (χ0) is 14.7. The average Bonchev–Trinajstić information content (AvgIpc) is 3.12. The van der Waals surface area contributed by atoms with Crippen molar-refractivity contribution in [1.82, 2.24) is 15.1 Å². The van der Waals surface area contributed by atoms with Gasteiger partial charge in [-0.25, -0.2) is 4.98 Å². The van der Waals surface area contributed by atoms with Gasteiger partial charge in [-0.1, -0.05) is 30.8 Å². The minimum Gasteiger partial charge on any atom is -0.370 e. The van der Waals surface area contributed by atoms with Crippen LogP contribution in [0.15, 0.2) is 9.90 Å². The quantitative estimate of drug-likeness (QED) is 0.874. The molecule has 2 aromatic heterocycles. The van der Waals surface area contributed by atoms with Gasteiger partial charge >= 0.3 is 0 Å². The Labute approximate surface area is 127 Å². The molecule has 1 aliphatic carbocycles. The first-order valence-corrected chi connectivity index (χ1v) is 8.19. The zero-order valence-corrected chi connectivity index (χ0v) is 13.0. The summed E-state index contributed by atoms with van der Waals surface area (Å²) in [7, 11) is 1.73. The van der Waals surface area contributed by atoms with Gasteiger partial charge in [0.2, 0.25) is 5.82 Å². The molecule has 0 amide bonds. The molecule has 2 N–H and O–H groups in total. The van der Waals surface area contributed by atoms with Crippen LogP contribution in [-0.4, -0.2) is 22.2 Å². The molecule has 6 nitrogen and oxygen atoms in total. The first-order chi connectivity index (χ1) is 10.3. The van der Waals surface area contributed by atoms with Gasteiger partial charge in [0.15, 0.2) is 0 Å². The van der Waals surface area contributed by atoms with Gasteiger partial charge in [-0.15, -0.1) is 11.3 Å². The summed E-state index contributed by atoms with van der Waals surface area (Å²) in [5.74, 6) is 1.09. The Kier molecular flexibility index (Phi) is 4.32. The van der Waals surface area contributed by atoms with Crippen LogP contribution in [0.1, 0.15) is 49.4 Å². The molecule has 0 aromatic carbocycles. The van der Waals surface area contributed by atoms with Crippen LogP contribution in [0.5, 0.6) is 0 Å². The van der Waals surface area contributed by atoms with E-state index in [2.05, 4.69) is 15.1 Å². The monoisotopic (exact) mass is 308 g/mol. The molecular formula is C14H20N4O2S. The predicted molar refractivity (Wildman–Crippen MR) is 79.7 cm³/mol. The van der Waals surface area contributed by atoms with Gasteiger partial charge in [0.25, 0.3) is 5.89 Å². The van der Waals surface area contributed by atoms with E-state index in [0.717, 1.165) is 30.7 Å². The molecule has 0 atom stereocenters. The van der Waals surface area contributed by atoms with Crippen molar-refractivity contribution in [3.63, 3.8) is 0 Å². The van der Waals surface area contributed by atoms with E-state index in [1.807, 2.05) is 5.38 Å². The molecule has 0 radical (unpaired) electrons. The maximum absolute atomic E-state index is 5.80. The average molecular weight is 308 g/mol. The maximum atomic E-state index is 5.80. The number of hydrogen-bond acceptors (Lipinski definition) is 7. The second-order valence-electron chi connectivity index (χ2n) is 5.37. The summed E-state index contributed by atoms with van der Waals surface area (Å²) in [6, 6.07) is 0. The number of rotatable bonds is 4. The lowest BCUT2D eigenvalue weighted by molar-refractivity contribution is -0.0365. The van der Waals surface area contributed by atoms with Gasteiger partial charge in [-0.3, -0.25) is 0 Å². The summed E-state index contributed by atoms with van der Waals surface area (Å²) < 4.78 is 11.2. The summed E-state index contributed by atoms with van der Waals surface area (Å²) in [5.41, 5.74) is 5.87. The molecule has 0 bridgehead atoms. The number of thiazole rings is 1. The number of methoxy groups -OCH3 is 1. The molecule has 114 valence electrons. The van der Waals surface area contributed by atoms with Crippen LogP contribution in [0, 0.1) is 0 Å². The predicted octanol–water partition coefficient (Wildman–Crippen LogP) is 2.85. The van der Waals surface area contributed by atoms with Crippen LogP contribution < -0.4 is 5.73 Å². The SMILES string of the molecule is COC1(c2noc(-c3csc(CN)n3)n2)CCCCCC1. The van der Waals surface area contributed by atoms with Crippen molar-refractivity contribution in [1.29, 1.82) is 0 Å². The third-order valence-electron chi connectivity index (χ3n) is 4.08. The Balaban J connectivity index is 1.88. The molecule has 0 saturated heterocycles. The highest BCUT2D eigenvalue weighted by Gasteiger charge is 2.37. The van der Waals surface area contributed by atoms with E-state index in [4.69, 9.17) is 15.0 Å². The van der Waals surface area contributed by atoms with Crippen LogP contribution in [0.2, 0.25) is 0 Å². The van der Waals surface area contributed by atoms with E-state index in [0.29, 0.717) is 24.0 Å². The smallest absolute Gasteiger partial charge is 0.277 e. The van der Waals surface area contributed by atoms with E-state index in [9.17, 15) is 0 Å². The van der Waals surface area contributed by atoms with Gasteiger partial charge in [-0.2, -0.15) is 4.98 Å². The largest absolute Gasteiger partial charge is 0.370 e. The van der Waals surface area contributed by atoms with Gasteiger partial charge in [0.1, 0.15) is 16.3 Å². The Morgan fingerprint density at radius 1 is 1.29 bits per heavy atom. The number of nitrogens with two attached hydrogens (primary N) is 1. The number of nitrogens with zero attached hydrogens (tertiary/aromatic N) is 3. The van der Waals surface area contributed by atoms with E-state index >= 15 is 0 Å². The molecule has 3 rings (SSSR count). The molecule has 1 saturated carbocycles. The van der Waals surface area contributed by atoms with Crippen LogP contribution in [0.25, 0.3) is 11.6 Å². The van der Waals surface area contributed by atoms with E-state index < -0.39 is 5.60 Å². The minimum atomic E-state index is -0.412. The van der Waals surface area contributed by atoms with E-state index in [1.165, 1.54) is 24.2 Å². The molecule has 2 aromatic rings. The van der Waals surface area contributed by atoms with E-state index in [1.54, 1.807) is 7.11 Å². The number of aromatic nitrogens is 3. The molecular weight excluding hydrogens is 288 g/mol. The molecule has 0 unspecified atom stereocenters. The Bertz CT molecular complexity index is 587.